The summed E-state index contributed by atoms with van der Waals surface area (Å²) >= 11 is 0. The third kappa shape index (κ3) is 12.3. The molecular weight excluding hydrogens is 852 g/mol. The van der Waals surface area contributed by atoms with Crippen molar-refractivity contribution < 1.29 is 18.1 Å². The van der Waals surface area contributed by atoms with E-state index in [1.54, 1.807) is 0 Å². The second-order valence-corrected chi connectivity index (χ2v) is 19.6. The Balaban J connectivity index is 1.73. The van der Waals surface area contributed by atoms with Crippen LogP contribution in [-0.2, 0) is 34.9 Å². The van der Waals surface area contributed by atoms with Crippen LogP contribution in [0.2, 0.25) is 0 Å². The van der Waals surface area contributed by atoms with E-state index >= 15 is 4.57 Å². The van der Waals surface area contributed by atoms with Crippen LogP contribution in [-0.4, -0.2) is 0 Å². The second-order valence-electron chi connectivity index (χ2n) is 18.2. The van der Waals surface area contributed by atoms with Gasteiger partial charge in [0, 0.05) is 0 Å². The molecule has 0 fully saturated rings. The van der Waals surface area contributed by atoms with E-state index in [9.17, 15) is 0 Å². The summed E-state index contributed by atoms with van der Waals surface area (Å²) in [6, 6.07) is 60.4. The van der Waals surface area contributed by atoms with Gasteiger partial charge in [0.05, 0.1) is 0 Å². The molecule has 0 spiro atoms. The Hall–Kier alpha value is -5.35. The topological polar surface area (TPSA) is 44.8 Å². The number of phosphoric acid groups is 1. The van der Waals surface area contributed by atoms with Crippen LogP contribution in [0.5, 0.6) is 0 Å². The third-order valence-corrected chi connectivity index (χ3v) is 14.8. The summed E-state index contributed by atoms with van der Waals surface area (Å²) in [5, 5.41) is 0. The van der Waals surface area contributed by atoms with Gasteiger partial charge < -0.3 is 0 Å². The predicted octanol–water partition coefficient (Wildman–Crippen LogP) is 18.6. The molecule has 0 amide bonds. The largest absolute Gasteiger partial charge is 0.479 e. The van der Waals surface area contributed by atoms with E-state index in [0.29, 0.717) is 19.3 Å². The van der Waals surface area contributed by atoms with Gasteiger partial charge in [-0.1, -0.05) is 280 Å². The second kappa shape index (κ2) is 25.9. The predicted molar refractivity (Wildman–Crippen MR) is 286 cm³/mol. The lowest BCUT2D eigenvalue weighted by Gasteiger charge is -2.46. The van der Waals surface area contributed by atoms with Gasteiger partial charge in [-0.2, -0.15) is 0 Å². The molecular formula is C63H75O4P. The highest BCUT2D eigenvalue weighted by molar-refractivity contribution is 7.48. The van der Waals surface area contributed by atoms with Crippen molar-refractivity contribution in [3.63, 3.8) is 0 Å². The van der Waals surface area contributed by atoms with Gasteiger partial charge in [0.15, 0.2) is 16.8 Å². The molecule has 0 bridgehead atoms. The lowest BCUT2D eigenvalue weighted by molar-refractivity contribution is -0.0174. The average Bonchev–Trinajstić information content (AvgIpc) is 3.39. The molecule has 0 heterocycles. The van der Waals surface area contributed by atoms with Crippen molar-refractivity contribution in [3.8, 4) is 0 Å². The first kappa shape index (κ1) is 52.0. The summed E-state index contributed by atoms with van der Waals surface area (Å²) in [7, 11) is -5.06. The summed E-state index contributed by atoms with van der Waals surface area (Å²) in [6.07, 6.45) is 14.1. The van der Waals surface area contributed by atoms with Crippen LogP contribution in [0.4, 0.5) is 0 Å². The van der Waals surface area contributed by atoms with Gasteiger partial charge in [-0.05, 0) is 88.6 Å². The Labute approximate surface area is 409 Å². The molecule has 6 aromatic rings. The summed E-state index contributed by atoms with van der Waals surface area (Å²) in [4.78, 5) is 0. The maximum absolute atomic E-state index is 18.0. The summed E-state index contributed by atoms with van der Waals surface area (Å²) in [5.74, 6) is 0. The molecule has 4 nitrogen and oxygen atoms in total. The molecule has 68 heavy (non-hydrogen) atoms. The first-order chi connectivity index (χ1) is 33.2. The zero-order chi connectivity index (χ0) is 48.1. The highest BCUT2D eigenvalue weighted by Crippen LogP contribution is 2.68. The van der Waals surface area contributed by atoms with Crippen molar-refractivity contribution in [2.24, 2.45) is 0 Å². The Bertz CT molecular complexity index is 2070. The van der Waals surface area contributed by atoms with Gasteiger partial charge in [-0.25, -0.2) is 4.57 Å². The minimum atomic E-state index is -5.06. The molecule has 0 saturated carbocycles. The van der Waals surface area contributed by atoms with E-state index in [2.05, 4.69) is 20.8 Å². The minimum absolute atomic E-state index is 0.614. The molecule has 0 aliphatic carbocycles. The first-order valence-electron chi connectivity index (χ1n) is 25.3. The summed E-state index contributed by atoms with van der Waals surface area (Å²) in [5.41, 5.74) is 2.36. The van der Waals surface area contributed by atoms with Crippen LogP contribution in [0.3, 0.4) is 0 Å². The fraction of sp³-hybridized carbons (Fsp3) is 0.333. The van der Waals surface area contributed by atoms with Crippen LogP contribution >= 0.6 is 7.82 Å². The van der Waals surface area contributed by atoms with Gasteiger partial charge >= 0.3 is 7.82 Å². The van der Waals surface area contributed by atoms with Crippen LogP contribution in [0.1, 0.15) is 150 Å². The van der Waals surface area contributed by atoms with Crippen molar-refractivity contribution in [2.75, 3.05) is 0 Å². The lowest BCUT2D eigenvalue weighted by atomic mass is 9.78. The maximum Gasteiger partial charge on any atom is 0.479 e. The van der Waals surface area contributed by atoms with Gasteiger partial charge in [0.2, 0.25) is 0 Å². The fourth-order valence-electron chi connectivity index (χ4n) is 9.65. The molecule has 0 N–H and O–H groups in total. The molecule has 0 aliphatic heterocycles. The Morgan fingerprint density at radius 3 is 0.706 bits per heavy atom. The Morgan fingerprint density at radius 1 is 0.338 bits per heavy atom. The molecule has 356 valence electrons. The van der Waals surface area contributed by atoms with Crippen molar-refractivity contribution in [1.29, 1.82) is 0 Å². The lowest BCUT2D eigenvalue weighted by Crippen LogP contribution is -2.40. The number of hydrogen-bond donors (Lipinski definition) is 0. The highest BCUT2D eigenvalue weighted by Gasteiger charge is 2.56. The fourth-order valence-corrected chi connectivity index (χ4v) is 11.8. The average molecular weight is 927 g/mol. The zero-order valence-corrected chi connectivity index (χ0v) is 42.0. The van der Waals surface area contributed by atoms with Crippen LogP contribution in [0.15, 0.2) is 218 Å². The number of unbranched alkanes of at least 4 members (excludes halogenated alkanes) is 9. The number of phosphoric ester groups is 1. The number of rotatable bonds is 30. The van der Waals surface area contributed by atoms with E-state index in [4.69, 9.17) is 33.3 Å². The standard InChI is InChI=1S/C63H75O4P/c1-7-10-13-22-37-52(4)61(55-40-25-16-26-41-55,56-42-27-17-28-43-56)65-68(64,66-62(57-44-29-18-30-45-57,58-46-31-19-32-47-58)53(5)38-23-14-11-8-2)67-63(59-48-33-20-34-49-59,60-50-35-21-36-51-60)54(6)39-24-15-12-9-3/h16-21,25-36,40-51H,4-15,22-24,37-39H2,1-3H3. The minimum Gasteiger partial charge on any atom is -0.266 e. The Morgan fingerprint density at radius 2 is 0.529 bits per heavy atom. The van der Waals surface area contributed by atoms with Gasteiger partial charge in [0.25, 0.3) is 0 Å². The molecule has 0 radical (unpaired) electrons. The zero-order valence-electron chi connectivity index (χ0n) is 41.1. The third-order valence-electron chi connectivity index (χ3n) is 13.3. The number of hydrogen-bond acceptors (Lipinski definition) is 4. The Kier molecular flexibility index (Phi) is 19.8. The summed E-state index contributed by atoms with van der Waals surface area (Å²) < 4.78 is 41.4. The number of benzene rings is 6. The van der Waals surface area contributed by atoms with E-state index in [1.165, 1.54) is 0 Å². The van der Waals surface area contributed by atoms with Gasteiger partial charge in [-0.15, -0.1) is 0 Å². The van der Waals surface area contributed by atoms with Crippen molar-refractivity contribution in [1.82, 2.24) is 0 Å². The normalized spacial score (nSPS) is 12.2. The van der Waals surface area contributed by atoms with E-state index in [-0.39, 0.29) is 0 Å². The van der Waals surface area contributed by atoms with Crippen molar-refractivity contribution >= 4 is 7.82 Å². The summed E-state index contributed by atoms with van der Waals surface area (Å²) in [6.45, 7) is 21.3. The van der Waals surface area contributed by atoms with E-state index < -0.39 is 24.6 Å². The molecule has 6 aromatic carbocycles. The first-order valence-corrected chi connectivity index (χ1v) is 26.8. The highest BCUT2D eigenvalue weighted by atomic mass is 31.2. The molecule has 6 rings (SSSR count). The smallest absolute Gasteiger partial charge is 0.266 e. The van der Waals surface area contributed by atoms with Crippen LogP contribution < -0.4 is 0 Å². The molecule has 0 saturated heterocycles. The molecule has 0 unspecified atom stereocenters. The van der Waals surface area contributed by atoms with E-state index in [0.717, 1.165) is 127 Å². The van der Waals surface area contributed by atoms with Gasteiger partial charge in [0.1, 0.15) is 0 Å². The monoisotopic (exact) mass is 927 g/mol. The van der Waals surface area contributed by atoms with Gasteiger partial charge in [-0.3, -0.25) is 13.6 Å². The van der Waals surface area contributed by atoms with E-state index in [1.807, 2.05) is 182 Å². The van der Waals surface area contributed by atoms with Crippen molar-refractivity contribution in [3.05, 3.63) is 252 Å². The van der Waals surface area contributed by atoms with Crippen LogP contribution in [0.25, 0.3) is 0 Å². The molecule has 0 atom stereocenters. The van der Waals surface area contributed by atoms with Crippen molar-refractivity contribution in [2.45, 2.75) is 134 Å². The SMILES string of the molecule is C=C(CCCCCC)C(OP(=O)(OC(C(=C)CCCCCC)(c1ccccc1)c1ccccc1)OC(C(=C)CCCCCC)(c1ccccc1)c1ccccc1)(c1ccccc1)c1ccccc1. The maximum atomic E-state index is 18.0. The molecule has 5 heteroatoms. The van der Waals surface area contributed by atoms with Crippen LogP contribution in [0, 0.1) is 0 Å². The quantitative estimate of drug-likeness (QED) is 0.0256. The molecule has 0 aliphatic rings. The molecule has 0 aromatic heterocycles.